The zero-order valence-corrected chi connectivity index (χ0v) is 14.6. The molecule has 0 spiro atoms. The molecule has 1 amide bonds. The van der Waals surface area contributed by atoms with Crippen LogP contribution in [0.4, 0.5) is 0 Å². The Morgan fingerprint density at radius 2 is 2.04 bits per heavy atom. The maximum Gasteiger partial charge on any atom is 0.231 e. The number of benzene rings is 1. The van der Waals surface area contributed by atoms with Gasteiger partial charge in [0.1, 0.15) is 0 Å². The van der Waals surface area contributed by atoms with Crippen LogP contribution in [0.5, 0.6) is 11.5 Å². The molecular formula is C19H23NO3S. The highest BCUT2D eigenvalue weighted by Crippen LogP contribution is 2.40. The highest BCUT2D eigenvalue weighted by Gasteiger charge is 2.28. The van der Waals surface area contributed by atoms with Crippen molar-refractivity contribution in [3.05, 3.63) is 35.9 Å². The van der Waals surface area contributed by atoms with Crippen molar-refractivity contribution >= 4 is 17.7 Å². The Labute approximate surface area is 147 Å². The molecule has 0 aromatic heterocycles. The summed E-state index contributed by atoms with van der Waals surface area (Å²) in [5, 5.41) is 0.420. The molecule has 1 aromatic rings. The van der Waals surface area contributed by atoms with Crippen molar-refractivity contribution in [3.63, 3.8) is 0 Å². The van der Waals surface area contributed by atoms with E-state index in [1.165, 1.54) is 5.56 Å². The quantitative estimate of drug-likeness (QED) is 0.765. The summed E-state index contributed by atoms with van der Waals surface area (Å²) in [4.78, 5) is 14.8. The van der Waals surface area contributed by atoms with Crippen LogP contribution >= 0.6 is 11.8 Å². The summed E-state index contributed by atoms with van der Waals surface area (Å²) >= 11 is 1.95. The zero-order valence-electron chi connectivity index (χ0n) is 13.8. The number of carbonyl (C=O) groups excluding carboxylic acids is 1. The van der Waals surface area contributed by atoms with E-state index in [1.54, 1.807) is 0 Å². The van der Waals surface area contributed by atoms with Crippen LogP contribution < -0.4 is 9.47 Å². The number of amides is 1. The molecule has 2 aliphatic heterocycles. The molecule has 1 aromatic carbocycles. The SMILES string of the molecule is O=C(C1CC=CCC1)N1CCSC(c2ccc3c(c2)OCO3)CC1. The maximum absolute atomic E-state index is 12.7. The number of ether oxygens (including phenoxy) is 2. The van der Waals surface area contributed by atoms with Gasteiger partial charge in [-0.3, -0.25) is 4.79 Å². The summed E-state index contributed by atoms with van der Waals surface area (Å²) in [5.41, 5.74) is 1.28. The molecule has 128 valence electrons. The molecule has 2 unspecified atom stereocenters. The van der Waals surface area contributed by atoms with Crippen molar-refractivity contribution in [2.45, 2.75) is 30.9 Å². The number of fused-ring (bicyclic) bond motifs is 1. The second kappa shape index (κ2) is 7.09. The second-order valence-electron chi connectivity index (χ2n) is 6.57. The molecule has 4 nitrogen and oxygen atoms in total. The van der Waals surface area contributed by atoms with Gasteiger partial charge in [-0.05, 0) is 43.4 Å². The lowest BCUT2D eigenvalue weighted by atomic mass is 9.93. The summed E-state index contributed by atoms with van der Waals surface area (Å²) in [6.07, 6.45) is 8.31. The van der Waals surface area contributed by atoms with Crippen LogP contribution in [-0.4, -0.2) is 36.4 Å². The number of carbonyl (C=O) groups is 1. The lowest BCUT2D eigenvalue weighted by Gasteiger charge is -2.26. The number of nitrogens with zero attached hydrogens (tertiary/aromatic N) is 1. The summed E-state index contributed by atoms with van der Waals surface area (Å²) in [6.45, 7) is 2.03. The predicted octanol–water partition coefficient (Wildman–Crippen LogP) is 3.78. The Morgan fingerprint density at radius 1 is 1.12 bits per heavy atom. The molecule has 0 saturated carbocycles. The first-order chi connectivity index (χ1) is 11.8. The van der Waals surface area contributed by atoms with E-state index in [-0.39, 0.29) is 5.92 Å². The maximum atomic E-state index is 12.7. The van der Waals surface area contributed by atoms with Crippen molar-refractivity contribution < 1.29 is 14.3 Å². The van der Waals surface area contributed by atoms with Crippen molar-refractivity contribution in [3.8, 4) is 11.5 Å². The Hall–Kier alpha value is -1.62. The predicted molar refractivity (Wildman–Crippen MR) is 95.4 cm³/mol. The van der Waals surface area contributed by atoms with Gasteiger partial charge in [-0.2, -0.15) is 11.8 Å². The number of rotatable bonds is 2. The van der Waals surface area contributed by atoms with Gasteiger partial charge in [-0.1, -0.05) is 18.2 Å². The Kier molecular flexibility index (Phi) is 4.69. The first-order valence-corrected chi connectivity index (χ1v) is 9.81. The van der Waals surface area contributed by atoms with Gasteiger partial charge in [0, 0.05) is 30.0 Å². The summed E-state index contributed by atoms with van der Waals surface area (Å²) in [7, 11) is 0. The minimum Gasteiger partial charge on any atom is -0.454 e. The average molecular weight is 345 g/mol. The van der Waals surface area contributed by atoms with Crippen LogP contribution in [0.25, 0.3) is 0 Å². The van der Waals surface area contributed by atoms with Crippen LogP contribution in [-0.2, 0) is 4.79 Å². The molecule has 2 heterocycles. The van der Waals surface area contributed by atoms with Crippen molar-refractivity contribution in [2.24, 2.45) is 5.92 Å². The minimum absolute atomic E-state index is 0.196. The van der Waals surface area contributed by atoms with Crippen LogP contribution in [0.15, 0.2) is 30.4 Å². The van der Waals surface area contributed by atoms with E-state index in [1.807, 2.05) is 17.8 Å². The van der Waals surface area contributed by atoms with Gasteiger partial charge < -0.3 is 14.4 Å². The van der Waals surface area contributed by atoms with Crippen LogP contribution in [0, 0.1) is 5.92 Å². The summed E-state index contributed by atoms with van der Waals surface area (Å²) < 4.78 is 10.9. The standard InChI is InChI=1S/C19H23NO3S/c21-19(14-4-2-1-3-5-14)20-9-8-18(24-11-10-20)15-6-7-16-17(12-15)23-13-22-16/h1-2,6-7,12,14,18H,3-5,8-11,13H2. The van der Waals surface area contributed by atoms with Gasteiger partial charge in [0.2, 0.25) is 12.7 Å². The average Bonchev–Trinajstić information content (AvgIpc) is 2.96. The second-order valence-corrected chi connectivity index (χ2v) is 7.88. The van der Waals surface area contributed by atoms with Gasteiger partial charge in [-0.25, -0.2) is 0 Å². The van der Waals surface area contributed by atoms with Crippen molar-refractivity contribution in [1.82, 2.24) is 4.90 Å². The van der Waals surface area contributed by atoms with Crippen molar-refractivity contribution in [1.29, 1.82) is 0 Å². The smallest absolute Gasteiger partial charge is 0.231 e. The fourth-order valence-electron chi connectivity index (χ4n) is 3.65. The minimum atomic E-state index is 0.196. The zero-order chi connectivity index (χ0) is 16.4. The fraction of sp³-hybridized carbons (Fsp3) is 0.526. The fourth-order valence-corrected chi connectivity index (χ4v) is 4.87. The largest absolute Gasteiger partial charge is 0.454 e. The molecule has 2 atom stereocenters. The van der Waals surface area contributed by atoms with Gasteiger partial charge >= 0.3 is 0 Å². The Balaban J connectivity index is 1.41. The molecule has 0 bridgehead atoms. The Morgan fingerprint density at radius 3 is 2.92 bits per heavy atom. The van der Waals surface area contributed by atoms with E-state index in [9.17, 15) is 4.79 Å². The van der Waals surface area contributed by atoms with E-state index >= 15 is 0 Å². The molecule has 24 heavy (non-hydrogen) atoms. The molecule has 3 aliphatic rings. The van der Waals surface area contributed by atoms with Crippen LogP contribution in [0.2, 0.25) is 0 Å². The van der Waals surface area contributed by atoms with Gasteiger partial charge in [-0.15, -0.1) is 0 Å². The molecule has 5 heteroatoms. The molecular weight excluding hydrogens is 322 g/mol. The molecule has 4 rings (SSSR count). The van der Waals surface area contributed by atoms with E-state index in [4.69, 9.17) is 9.47 Å². The molecule has 0 N–H and O–H groups in total. The normalized spacial score (nSPS) is 26.2. The monoisotopic (exact) mass is 345 g/mol. The highest BCUT2D eigenvalue weighted by molar-refractivity contribution is 7.99. The molecule has 1 saturated heterocycles. The Bertz CT molecular complexity index is 645. The summed E-state index contributed by atoms with van der Waals surface area (Å²) in [6, 6.07) is 6.23. The lowest BCUT2D eigenvalue weighted by molar-refractivity contribution is -0.135. The topological polar surface area (TPSA) is 38.8 Å². The highest BCUT2D eigenvalue weighted by atomic mass is 32.2. The van der Waals surface area contributed by atoms with E-state index in [0.717, 1.165) is 56.0 Å². The first kappa shape index (κ1) is 15.9. The number of hydrogen-bond acceptors (Lipinski definition) is 4. The summed E-state index contributed by atoms with van der Waals surface area (Å²) in [5.74, 6) is 3.22. The molecule has 1 fully saturated rings. The van der Waals surface area contributed by atoms with Gasteiger partial charge in [0.25, 0.3) is 0 Å². The third-order valence-electron chi connectivity index (χ3n) is 5.04. The van der Waals surface area contributed by atoms with Crippen LogP contribution in [0.1, 0.15) is 36.5 Å². The first-order valence-electron chi connectivity index (χ1n) is 8.76. The lowest BCUT2D eigenvalue weighted by Crippen LogP contribution is -2.38. The number of allylic oxidation sites excluding steroid dienone is 2. The van der Waals surface area contributed by atoms with E-state index < -0.39 is 0 Å². The third-order valence-corrected chi connectivity index (χ3v) is 6.37. The number of hydrogen-bond donors (Lipinski definition) is 0. The number of thioether (sulfide) groups is 1. The van der Waals surface area contributed by atoms with E-state index in [2.05, 4.69) is 29.2 Å². The van der Waals surface area contributed by atoms with Crippen molar-refractivity contribution in [2.75, 3.05) is 25.6 Å². The van der Waals surface area contributed by atoms with Crippen LogP contribution in [0.3, 0.4) is 0 Å². The van der Waals surface area contributed by atoms with Gasteiger partial charge in [0.15, 0.2) is 11.5 Å². The van der Waals surface area contributed by atoms with E-state index in [0.29, 0.717) is 18.0 Å². The molecule has 1 aliphatic carbocycles. The molecule has 0 radical (unpaired) electrons. The third kappa shape index (κ3) is 3.27. The van der Waals surface area contributed by atoms with Gasteiger partial charge in [0.05, 0.1) is 0 Å².